The second kappa shape index (κ2) is 4.64. The fraction of sp³-hybridized carbons (Fsp3) is 0.500. The van der Waals surface area contributed by atoms with E-state index in [1.54, 1.807) is 6.07 Å². The number of ether oxygens (including phenoxy) is 1. The number of rotatable bonds is 2. The average Bonchev–Trinajstić information content (AvgIpc) is 2.94. The summed E-state index contributed by atoms with van der Waals surface area (Å²) in [5, 5.41) is 10.0. The smallest absolute Gasteiger partial charge is 0.151 e. The number of nitriles is 1. The minimum absolute atomic E-state index is 0.0716. The Kier molecular flexibility index (Phi) is 3.19. The molecule has 0 aliphatic carbocycles. The maximum Gasteiger partial charge on any atom is 0.151 e. The van der Waals surface area contributed by atoms with Gasteiger partial charge < -0.3 is 4.74 Å². The summed E-state index contributed by atoms with van der Waals surface area (Å²) in [6, 6.07) is 5.87. The first-order valence-electron chi connectivity index (χ1n) is 6.49. The molecule has 0 N–H and O–H groups in total. The van der Waals surface area contributed by atoms with Gasteiger partial charge in [0.25, 0.3) is 0 Å². The van der Waals surface area contributed by atoms with Gasteiger partial charge in [0.2, 0.25) is 0 Å². The summed E-state index contributed by atoms with van der Waals surface area (Å²) in [5.74, 6) is 0.801. The highest BCUT2D eigenvalue weighted by atomic mass is 35.5. The highest BCUT2D eigenvalue weighted by Crippen LogP contribution is 2.40. The molecule has 1 fully saturated rings. The summed E-state index contributed by atoms with van der Waals surface area (Å²) >= 11 is 6.10. The Bertz CT molecular complexity index is 708. The van der Waals surface area contributed by atoms with Crippen LogP contribution in [0.2, 0.25) is 5.02 Å². The molecule has 4 nitrogen and oxygen atoms in total. The zero-order valence-electron chi connectivity index (χ0n) is 10.9. The van der Waals surface area contributed by atoms with Gasteiger partial charge in [-0.25, -0.2) is 8.42 Å². The Labute approximate surface area is 123 Å². The molecule has 1 unspecified atom stereocenters. The van der Waals surface area contributed by atoms with Crippen molar-refractivity contribution < 1.29 is 13.2 Å². The summed E-state index contributed by atoms with van der Waals surface area (Å²) in [5.41, 5.74) is 1.05. The SMILES string of the molecule is N#CC1(Cc2cc(Cl)cc3c2OCC3)CCS(=O)(=O)C1. The van der Waals surface area contributed by atoms with E-state index in [2.05, 4.69) is 6.07 Å². The summed E-state index contributed by atoms with van der Waals surface area (Å²) in [6.07, 6.45) is 1.57. The van der Waals surface area contributed by atoms with Crippen LogP contribution in [0.15, 0.2) is 12.1 Å². The molecule has 0 spiro atoms. The van der Waals surface area contributed by atoms with E-state index < -0.39 is 15.3 Å². The first kappa shape index (κ1) is 13.7. The summed E-state index contributed by atoms with van der Waals surface area (Å²) in [6.45, 7) is 0.612. The van der Waals surface area contributed by atoms with Crippen LogP contribution in [0.3, 0.4) is 0 Å². The molecular weight excluding hydrogens is 298 g/mol. The molecule has 1 atom stereocenters. The molecule has 0 radical (unpaired) electrons. The van der Waals surface area contributed by atoms with Crippen LogP contribution in [0.25, 0.3) is 0 Å². The van der Waals surface area contributed by atoms with Crippen LogP contribution < -0.4 is 4.74 Å². The van der Waals surface area contributed by atoms with Crippen LogP contribution in [0.5, 0.6) is 5.75 Å². The lowest BCUT2D eigenvalue weighted by atomic mass is 9.82. The maximum atomic E-state index is 11.7. The molecule has 6 heteroatoms. The molecule has 3 rings (SSSR count). The van der Waals surface area contributed by atoms with Gasteiger partial charge in [-0.15, -0.1) is 0 Å². The molecule has 106 valence electrons. The van der Waals surface area contributed by atoms with Crippen molar-refractivity contribution in [1.82, 2.24) is 0 Å². The minimum atomic E-state index is -3.11. The third-order valence-corrected chi connectivity index (χ3v) is 6.02. The van der Waals surface area contributed by atoms with Crippen LogP contribution in [0.1, 0.15) is 17.5 Å². The van der Waals surface area contributed by atoms with E-state index in [9.17, 15) is 13.7 Å². The van der Waals surface area contributed by atoms with Gasteiger partial charge in [-0.05, 0) is 36.1 Å². The van der Waals surface area contributed by atoms with E-state index in [0.717, 1.165) is 23.3 Å². The van der Waals surface area contributed by atoms with Gasteiger partial charge in [0.15, 0.2) is 9.84 Å². The third kappa shape index (κ3) is 2.38. The van der Waals surface area contributed by atoms with Crippen LogP contribution in [0, 0.1) is 16.7 Å². The number of hydrogen-bond donors (Lipinski definition) is 0. The molecule has 1 aromatic carbocycles. The summed E-state index contributed by atoms with van der Waals surface area (Å²) < 4.78 is 29.0. The lowest BCUT2D eigenvalue weighted by Crippen LogP contribution is -2.23. The quantitative estimate of drug-likeness (QED) is 0.839. The predicted octanol–water partition coefficient (Wildman–Crippen LogP) is 2.15. The average molecular weight is 312 g/mol. The zero-order valence-corrected chi connectivity index (χ0v) is 12.4. The Morgan fingerprint density at radius 1 is 1.45 bits per heavy atom. The number of benzene rings is 1. The van der Waals surface area contributed by atoms with Crippen molar-refractivity contribution in [3.05, 3.63) is 28.3 Å². The molecule has 1 aromatic rings. The second-order valence-electron chi connectivity index (χ2n) is 5.56. The van der Waals surface area contributed by atoms with Crippen molar-refractivity contribution in [2.24, 2.45) is 5.41 Å². The van der Waals surface area contributed by atoms with Gasteiger partial charge >= 0.3 is 0 Å². The topological polar surface area (TPSA) is 67.2 Å². The predicted molar refractivity (Wildman–Crippen MR) is 75.7 cm³/mol. The van der Waals surface area contributed by atoms with E-state index in [1.807, 2.05) is 6.07 Å². The first-order chi connectivity index (χ1) is 9.43. The Morgan fingerprint density at radius 2 is 2.25 bits per heavy atom. The fourth-order valence-electron chi connectivity index (χ4n) is 3.03. The maximum absolute atomic E-state index is 11.7. The van der Waals surface area contributed by atoms with Crippen molar-refractivity contribution in [2.45, 2.75) is 19.3 Å². The molecule has 2 aliphatic heterocycles. The van der Waals surface area contributed by atoms with E-state index in [1.165, 1.54) is 0 Å². The Morgan fingerprint density at radius 3 is 2.90 bits per heavy atom. The van der Waals surface area contributed by atoms with Crippen LogP contribution >= 0.6 is 11.6 Å². The molecule has 0 amide bonds. The van der Waals surface area contributed by atoms with Crippen molar-refractivity contribution >= 4 is 21.4 Å². The summed E-state index contributed by atoms with van der Waals surface area (Å²) in [7, 11) is -3.11. The number of halogens is 1. The largest absolute Gasteiger partial charge is 0.493 e. The van der Waals surface area contributed by atoms with Gasteiger partial charge in [-0.2, -0.15) is 5.26 Å². The van der Waals surface area contributed by atoms with E-state index in [-0.39, 0.29) is 11.5 Å². The molecule has 2 aliphatic rings. The van der Waals surface area contributed by atoms with Crippen LogP contribution in [-0.2, 0) is 22.7 Å². The van der Waals surface area contributed by atoms with Crippen molar-refractivity contribution in [2.75, 3.05) is 18.1 Å². The van der Waals surface area contributed by atoms with Gasteiger partial charge in [-0.1, -0.05) is 11.6 Å². The first-order valence-corrected chi connectivity index (χ1v) is 8.69. The minimum Gasteiger partial charge on any atom is -0.493 e. The molecule has 20 heavy (non-hydrogen) atoms. The zero-order chi connectivity index (χ0) is 14.4. The van der Waals surface area contributed by atoms with Gasteiger partial charge in [-0.3, -0.25) is 0 Å². The molecule has 2 heterocycles. The number of sulfone groups is 1. The highest BCUT2D eigenvalue weighted by Gasteiger charge is 2.43. The molecular formula is C14H14ClNO3S. The van der Waals surface area contributed by atoms with E-state index in [0.29, 0.717) is 24.5 Å². The normalized spacial score (nSPS) is 26.8. The van der Waals surface area contributed by atoms with E-state index >= 15 is 0 Å². The lowest BCUT2D eigenvalue weighted by molar-refractivity contribution is 0.347. The second-order valence-corrected chi connectivity index (χ2v) is 8.18. The van der Waals surface area contributed by atoms with Crippen molar-refractivity contribution in [1.29, 1.82) is 5.26 Å². The number of hydrogen-bond acceptors (Lipinski definition) is 4. The Balaban J connectivity index is 1.98. The van der Waals surface area contributed by atoms with Crippen molar-refractivity contribution in [3.63, 3.8) is 0 Å². The van der Waals surface area contributed by atoms with Crippen LogP contribution in [-0.4, -0.2) is 26.5 Å². The van der Waals surface area contributed by atoms with Gasteiger partial charge in [0, 0.05) is 11.4 Å². The molecule has 0 bridgehead atoms. The fourth-order valence-corrected chi connectivity index (χ4v) is 5.29. The summed E-state index contributed by atoms with van der Waals surface area (Å²) in [4.78, 5) is 0. The monoisotopic (exact) mass is 311 g/mol. The standard InChI is InChI=1S/C14H14ClNO3S/c15-12-5-10-1-3-19-13(10)11(6-12)7-14(8-16)2-4-20(17,18)9-14/h5-6H,1-4,7,9H2. The number of nitrogens with zero attached hydrogens (tertiary/aromatic N) is 1. The van der Waals surface area contributed by atoms with E-state index in [4.69, 9.17) is 16.3 Å². The molecule has 1 saturated heterocycles. The Hall–Kier alpha value is -1.25. The highest BCUT2D eigenvalue weighted by molar-refractivity contribution is 7.91. The van der Waals surface area contributed by atoms with Crippen molar-refractivity contribution in [3.8, 4) is 11.8 Å². The molecule has 0 saturated carbocycles. The number of fused-ring (bicyclic) bond motifs is 1. The third-order valence-electron chi connectivity index (χ3n) is 3.98. The van der Waals surface area contributed by atoms with Gasteiger partial charge in [0.05, 0.1) is 29.6 Å². The van der Waals surface area contributed by atoms with Crippen LogP contribution in [0.4, 0.5) is 0 Å². The lowest BCUT2D eigenvalue weighted by Gasteiger charge is -2.20. The molecule has 0 aromatic heterocycles. The van der Waals surface area contributed by atoms with Gasteiger partial charge in [0.1, 0.15) is 5.75 Å².